The minimum atomic E-state index is -0.814. The van der Waals surface area contributed by atoms with Gasteiger partial charge in [-0.15, -0.1) is 0 Å². The smallest absolute Gasteiger partial charge is 0.306 e. The summed E-state index contributed by atoms with van der Waals surface area (Å²) < 4.78 is 16.9. The molecule has 0 aliphatic rings. The van der Waals surface area contributed by atoms with Gasteiger partial charge in [0.1, 0.15) is 13.2 Å². The minimum absolute atomic E-state index is 0.108. The normalized spacial score (nSPS) is 13.2. The SMILES string of the molecule is CC/C=C\C/C=C\C/C=C\C/C=C\C/C=C\CCCCCCCCCC(=O)OCC(COC(=O)CCCCCCC/C=C\C/C=C\CCCCC)OC(=O)CCCCC/C=C\C/C=C\C/C=C\C/C=C\C/C=C\CC. The average molecular weight is 1040 g/mol. The molecule has 0 fully saturated rings. The molecule has 0 rings (SSSR count). The molecule has 0 aliphatic carbocycles. The third-order valence-corrected chi connectivity index (χ3v) is 12.3. The van der Waals surface area contributed by atoms with Gasteiger partial charge in [0.05, 0.1) is 0 Å². The fraction of sp³-hybridized carbons (Fsp3) is 0.609. The molecule has 0 saturated carbocycles. The van der Waals surface area contributed by atoms with E-state index in [4.69, 9.17) is 14.2 Å². The summed E-state index contributed by atoms with van der Waals surface area (Å²) in [7, 11) is 0. The van der Waals surface area contributed by atoms with Gasteiger partial charge < -0.3 is 14.2 Å². The highest BCUT2D eigenvalue weighted by Crippen LogP contribution is 2.14. The first-order valence-electron chi connectivity index (χ1n) is 30.3. The second kappa shape index (κ2) is 61.8. The molecule has 1 atom stereocenters. The molecule has 0 heterocycles. The summed E-state index contributed by atoms with van der Waals surface area (Å²) in [6.45, 7) is 6.33. The second-order valence-electron chi connectivity index (χ2n) is 19.5. The Balaban J connectivity index is 4.50. The van der Waals surface area contributed by atoms with Crippen molar-refractivity contribution in [3.8, 4) is 0 Å². The van der Waals surface area contributed by atoms with Crippen LogP contribution in [0, 0.1) is 0 Å². The van der Waals surface area contributed by atoms with Crippen LogP contribution in [-0.2, 0) is 28.6 Å². The summed E-state index contributed by atoms with van der Waals surface area (Å²) in [6.07, 6.45) is 88.3. The lowest BCUT2D eigenvalue weighted by Gasteiger charge is -2.18. The van der Waals surface area contributed by atoms with Crippen LogP contribution < -0.4 is 0 Å². The lowest BCUT2D eigenvalue weighted by Crippen LogP contribution is -2.30. The Morgan fingerprint density at radius 1 is 0.280 bits per heavy atom. The quantitative estimate of drug-likeness (QED) is 0.0261. The molecule has 0 aromatic carbocycles. The first-order valence-corrected chi connectivity index (χ1v) is 30.3. The summed E-state index contributed by atoms with van der Waals surface area (Å²) in [4.78, 5) is 38.3. The Labute approximate surface area is 461 Å². The number of carbonyl (C=O) groups excluding carboxylic acids is 3. The molecule has 0 spiro atoms. The van der Waals surface area contributed by atoms with Crippen molar-refractivity contribution in [2.24, 2.45) is 0 Å². The standard InChI is InChI=1S/C69H110O6/c1-4-7-10-13-16-19-22-25-28-30-32-33-34-35-37-38-41-44-47-50-53-56-59-62-68(71)74-65-66(64-73-67(70)61-58-55-52-49-46-43-40-27-24-21-18-15-12-9-6-3)75-69(72)63-60-57-54-51-48-45-42-39-36-31-29-26-23-20-17-14-11-8-5-2/h7-8,10-11,16-21,25-29,32-33,35-37,39-40,45,48,66H,4-6,9,12-15,22-24,30-31,34,38,41-44,46-47,49-65H2,1-3H3/b10-7-,11-8-,19-16-,20-17-,21-18-,28-25-,29-26-,33-32-,37-35-,39-36-,40-27-,48-45-. The molecule has 0 N–H and O–H groups in total. The van der Waals surface area contributed by atoms with Gasteiger partial charge in [-0.1, -0.05) is 237 Å². The number of allylic oxidation sites excluding steroid dienone is 24. The summed E-state index contributed by atoms with van der Waals surface area (Å²) in [5.74, 6) is -0.967. The Morgan fingerprint density at radius 2 is 0.520 bits per heavy atom. The third-order valence-electron chi connectivity index (χ3n) is 12.3. The molecule has 75 heavy (non-hydrogen) atoms. The van der Waals surface area contributed by atoms with Crippen LogP contribution in [0.15, 0.2) is 146 Å². The average Bonchev–Trinajstić information content (AvgIpc) is 3.41. The van der Waals surface area contributed by atoms with E-state index in [0.717, 1.165) is 154 Å². The van der Waals surface area contributed by atoms with Gasteiger partial charge in [0.2, 0.25) is 0 Å². The molecule has 0 amide bonds. The lowest BCUT2D eigenvalue weighted by molar-refractivity contribution is -0.167. The summed E-state index contributed by atoms with van der Waals surface area (Å²) in [6, 6.07) is 0. The van der Waals surface area contributed by atoms with Crippen molar-refractivity contribution in [2.45, 2.75) is 258 Å². The molecule has 0 bridgehead atoms. The number of esters is 3. The van der Waals surface area contributed by atoms with E-state index in [1.54, 1.807) is 0 Å². The van der Waals surface area contributed by atoms with E-state index in [-0.39, 0.29) is 37.5 Å². The zero-order valence-corrected chi connectivity index (χ0v) is 48.3. The lowest BCUT2D eigenvalue weighted by atomic mass is 10.1. The van der Waals surface area contributed by atoms with E-state index in [9.17, 15) is 14.4 Å². The van der Waals surface area contributed by atoms with Crippen LogP contribution in [0.2, 0.25) is 0 Å². The third kappa shape index (κ3) is 60.0. The van der Waals surface area contributed by atoms with Gasteiger partial charge >= 0.3 is 17.9 Å². The fourth-order valence-electron chi connectivity index (χ4n) is 7.82. The van der Waals surface area contributed by atoms with E-state index in [2.05, 4.69) is 167 Å². The second-order valence-corrected chi connectivity index (χ2v) is 19.5. The van der Waals surface area contributed by atoms with Crippen molar-refractivity contribution in [3.05, 3.63) is 146 Å². The van der Waals surface area contributed by atoms with Crippen LogP contribution in [0.3, 0.4) is 0 Å². The molecule has 0 aromatic rings. The number of rotatable bonds is 53. The summed E-state index contributed by atoms with van der Waals surface area (Å²) >= 11 is 0. The Hall–Kier alpha value is -4.71. The topological polar surface area (TPSA) is 78.9 Å². The van der Waals surface area contributed by atoms with Gasteiger partial charge in [-0.2, -0.15) is 0 Å². The van der Waals surface area contributed by atoms with Gasteiger partial charge in [0, 0.05) is 19.3 Å². The molecule has 1 unspecified atom stereocenters. The first kappa shape index (κ1) is 70.3. The fourth-order valence-corrected chi connectivity index (χ4v) is 7.82. The van der Waals surface area contributed by atoms with Gasteiger partial charge in [0.25, 0.3) is 0 Å². The van der Waals surface area contributed by atoms with E-state index in [0.29, 0.717) is 19.3 Å². The van der Waals surface area contributed by atoms with E-state index in [1.165, 1.54) is 51.4 Å². The van der Waals surface area contributed by atoms with Crippen molar-refractivity contribution < 1.29 is 28.6 Å². The van der Waals surface area contributed by atoms with Crippen molar-refractivity contribution in [3.63, 3.8) is 0 Å². The van der Waals surface area contributed by atoms with Gasteiger partial charge in [0.15, 0.2) is 6.10 Å². The highest BCUT2D eigenvalue weighted by Gasteiger charge is 2.19. The maximum absolute atomic E-state index is 12.9. The van der Waals surface area contributed by atoms with Crippen LogP contribution in [0.5, 0.6) is 0 Å². The van der Waals surface area contributed by atoms with E-state index < -0.39 is 6.10 Å². The molecular weight excluding hydrogens is 925 g/mol. The Kier molecular flexibility index (Phi) is 58.0. The minimum Gasteiger partial charge on any atom is -0.462 e. The molecule has 422 valence electrons. The molecule has 6 heteroatoms. The van der Waals surface area contributed by atoms with Crippen LogP contribution >= 0.6 is 0 Å². The van der Waals surface area contributed by atoms with Crippen LogP contribution in [0.1, 0.15) is 252 Å². The zero-order chi connectivity index (χ0) is 54.3. The number of carbonyl (C=O) groups is 3. The van der Waals surface area contributed by atoms with Crippen molar-refractivity contribution in [1.29, 1.82) is 0 Å². The van der Waals surface area contributed by atoms with Gasteiger partial charge in [-0.3, -0.25) is 14.4 Å². The predicted octanol–water partition coefficient (Wildman–Crippen LogP) is 20.8. The molecule has 0 saturated heterocycles. The van der Waals surface area contributed by atoms with Gasteiger partial charge in [-0.05, 0) is 141 Å². The molecular formula is C69H110O6. The number of unbranched alkanes of at least 4 members (excludes halogenated alkanes) is 18. The highest BCUT2D eigenvalue weighted by molar-refractivity contribution is 5.71. The number of ether oxygens (including phenoxy) is 3. The predicted molar refractivity (Wildman–Crippen MR) is 325 cm³/mol. The molecule has 6 nitrogen and oxygen atoms in total. The number of hydrogen-bond donors (Lipinski definition) is 0. The van der Waals surface area contributed by atoms with Crippen molar-refractivity contribution in [2.75, 3.05) is 13.2 Å². The van der Waals surface area contributed by atoms with Crippen molar-refractivity contribution >= 4 is 17.9 Å². The first-order chi connectivity index (χ1) is 37.0. The molecule has 0 aromatic heterocycles. The highest BCUT2D eigenvalue weighted by atomic mass is 16.6. The van der Waals surface area contributed by atoms with E-state index >= 15 is 0 Å². The Morgan fingerprint density at radius 3 is 0.827 bits per heavy atom. The van der Waals surface area contributed by atoms with Crippen molar-refractivity contribution in [1.82, 2.24) is 0 Å². The van der Waals surface area contributed by atoms with Crippen LogP contribution in [0.25, 0.3) is 0 Å². The molecule has 0 aliphatic heterocycles. The summed E-state index contributed by atoms with van der Waals surface area (Å²) in [5, 5.41) is 0. The monoisotopic (exact) mass is 1030 g/mol. The maximum Gasteiger partial charge on any atom is 0.306 e. The van der Waals surface area contributed by atoms with Gasteiger partial charge in [-0.25, -0.2) is 0 Å². The van der Waals surface area contributed by atoms with E-state index in [1.807, 2.05) is 0 Å². The largest absolute Gasteiger partial charge is 0.462 e. The summed E-state index contributed by atoms with van der Waals surface area (Å²) in [5.41, 5.74) is 0. The zero-order valence-electron chi connectivity index (χ0n) is 48.3. The Bertz CT molecular complexity index is 1660. The number of hydrogen-bond acceptors (Lipinski definition) is 6. The van der Waals surface area contributed by atoms with Crippen LogP contribution in [-0.4, -0.2) is 37.2 Å². The molecule has 0 radical (unpaired) electrons. The van der Waals surface area contributed by atoms with Crippen LogP contribution in [0.4, 0.5) is 0 Å². The maximum atomic E-state index is 12.9.